The van der Waals surface area contributed by atoms with Crippen LogP contribution in [0.1, 0.15) is 31.1 Å². The van der Waals surface area contributed by atoms with E-state index < -0.39 is 8.07 Å². The first-order valence-electron chi connectivity index (χ1n) is 7.90. The lowest BCUT2D eigenvalue weighted by Gasteiger charge is -2.25. The Balaban J connectivity index is 2.49. The fraction of sp³-hybridized carbons (Fsp3) is 0.562. The molecular formula is C16H23Cl2N3O2Si. The highest BCUT2D eigenvalue weighted by atomic mass is 35.5. The molecule has 2 heterocycles. The summed E-state index contributed by atoms with van der Waals surface area (Å²) < 4.78 is 7.78. The fourth-order valence-corrected chi connectivity index (χ4v) is 3.21. The minimum atomic E-state index is -1.42. The Kier molecular flexibility index (Phi) is 5.74. The minimum Gasteiger partial charge on any atom is -0.361 e. The lowest BCUT2D eigenvalue weighted by atomic mass is 10.0. The molecule has 0 aliphatic rings. The molecule has 0 amide bonds. The first-order chi connectivity index (χ1) is 11.0. The first kappa shape index (κ1) is 19.4. The van der Waals surface area contributed by atoms with Crippen LogP contribution in [0.15, 0.2) is 6.20 Å². The lowest BCUT2D eigenvalue weighted by Crippen LogP contribution is -2.38. The number of halogens is 2. The molecule has 2 aromatic rings. The fourth-order valence-electron chi connectivity index (χ4n) is 2.16. The van der Waals surface area contributed by atoms with Crippen molar-refractivity contribution in [2.45, 2.75) is 52.9 Å². The standard InChI is InChI=1S/C16H23Cl2N3O2Si/c1-9(2)13(22)11-7-21(8-23-10(3)24(4,5)6)15-12(11)14(17)19-16(18)20-15/h7,9-10H,8H2,1-6H3. The highest BCUT2D eigenvalue weighted by molar-refractivity contribution is 6.77. The molecule has 0 aromatic carbocycles. The zero-order valence-electron chi connectivity index (χ0n) is 14.9. The van der Waals surface area contributed by atoms with Gasteiger partial charge in [-0.3, -0.25) is 4.79 Å². The molecule has 0 aliphatic carbocycles. The van der Waals surface area contributed by atoms with Crippen molar-refractivity contribution in [2.75, 3.05) is 0 Å². The Hall–Kier alpha value is -0.953. The summed E-state index contributed by atoms with van der Waals surface area (Å²) in [5.41, 5.74) is 1.18. The number of Topliss-reactive ketones (excluding diaryl/α,β-unsaturated/α-hetero) is 1. The Labute approximate surface area is 153 Å². The third kappa shape index (κ3) is 3.99. The van der Waals surface area contributed by atoms with E-state index >= 15 is 0 Å². The van der Waals surface area contributed by atoms with Gasteiger partial charge in [0.1, 0.15) is 17.5 Å². The minimum absolute atomic E-state index is 0.00943. The van der Waals surface area contributed by atoms with Gasteiger partial charge >= 0.3 is 0 Å². The van der Waals surface area contributed by atoms with Gasteiger partial charge in [-0.25, -0.2) is 4.98 Å². The van der Waals surface area contributed by atoms with E-state index in [1.165, 1.54) is 0 Å². The molecule has 1 atom stereocenters. The zero-order valence-corrected chi connectivity index (χ0v) is 17.4. The van der Waals surface area contributed by atoms with E-state index in [0.717, 1.165) is 0 Å². The summed E-state index contributed by atoms with van der Waals surface area (Å²) in [6.07, 6.45) is 1.74. The van der Waals surface area contributed by atoms with Crippen LogP contribution in [0.4, 0.5) is 0 Å². The number of fused-ring (bicyclic) bond motifs is 1. The molecule has 0 radical (unpaired) electrons. The predicted molar refractivity (Wildman–Crippen MR) is 101 cm³/mol. The van der Waals surface area contributed by atoms with E-state index in [2.05, 4.69) is 36.5 Å². The number of nitrogens with zero attached hydrogens (tertiary/aromatic N) is 3. The van der Waals surface area contributed by atoms with Crippen molar-refractivity contribution >= 4 is 48.1 Å². The van der Waals surface area contributed by atoms with E-state index in [1.54, 1.807) is 10.8 Å². The molecule has 0 N–H and O–H groups in total. The summed E-state index contributed by atoms with van der Waals surface area (Å²) in [5, 5.41) is 0.767. The molecule has 24 heavy (non-hydrogen) atoms. The van der Waals surface area contributed by atoms with Crippen molar-refractivity contribution in [3.05, 3.63) is 22.2 Å². The van der Waals surface area contributed by atoms with Crippen molar-refractivity contribution in [3.8, 4) is 0 Å². The van der Waals surface area contributed by atoms with Crippen molar-refractivity contribution in [1.82, 2.24) is 14.5 Å². The van der Waals surface area contributed by atoms with E-state index in [9.17, 15) is 4.79 Å². The van der Waals surface area contributed by atoms with Gasteiger partial charge in [-0.2, -0.15) is 4.98 Å². The number of hydrogen-bond acceptors (Lipinski definition) is 4. The van der Waals surface area contributed by atoms with Gasteiger partial charge in [-0.05, 0) is 18.5 Å². The molecule has 0 saturated carbocycles. The average molecular weight is 388 g/mol. The monoisotopic (exact) mass is 387 g/mol. The molecule has 1 unspecified atom stereocenters. The van der Waals surface area contributed by atoms with E-state index in [4.69, 9.17) is 27.9 Å². The number of carbonyl (C=O) groups is 1. The van der Waals surface area contributed by atoms with Gasteiger partial charge in [-0.15, -0.1) is 0 Å². The molecule has 0 fully saturated rings. The van der Waals surface area contributed by atoms with Crippen molar-refractivity contribution in [1.29, 1.82) is 0 Å². The van der Waals surface area contributed by atoms with Crippen LogP contribution >= 0.6 is 23.2 Å². The second-order valence-electron chi connectivity index (χ2n) is 7.32. The van der Waals surface area contributed by atoms with E-state index in [0.29, 0.717) is 16.6 Å². The van der Waals surface area contributed by atoms with Gasteiger partial charge in [0, 0.05) is 23.4 Å². The Morgan fingerprint density at radius 1 is 1.25 bits per heavy atom. The number of aromatic nitrogens is 3. The van der Waals surface area contributed by atoms with Crippen LogP contribution in [0.5, 0.6) is 0 Å². The highest BCUT2D eigenvalue weighted by Gasteiger charge is 2.25. The normalized spacial score (nSPS) is 13.7. The zero-order chi connectivity index (χ0) is 18.2. The topological polar surface area (TPSA) is 57.0 Å². The first-order valence-corrected chi connectivity index (χ1v) is 12.2. The van der Waals surface area contributed by atoms with Crippen molar-refractivity contribution in [2.24, 2.45) is 5.92 Å². The van der Waals surface area contributed by atoms with Crippen LogP contribution in [0, 0.1) is 5.92 Å². The summed E-state index contributed by atoms with van der Waals surface area (Å²) in [5.74, 6) is -0.164. The smallest absolute Gasteiger partial charge is 0.225 e. The lowest BCUT2D eigenvalue weighted by molar-refractivity contribution is 0.0588. The molecule has 2 rings (SSSR count). The summed E-state index contributed by atoms with van der Waals surface area (Å²) >= 11 is 12.2. The molecule has 5 nitrogen and oxygen atoms in total. The SMILES string of the molecule is CC(C)C(=O)c1cn(COC(C)[Si](C)(C)C)c2nc(Cl)nc(Cl)c12. The van der Waals surface area contributed by atoms with Crippen LogP contribution in [0.3, 0.4) is 0 Å². The molecule has 0 saturated heterocycles. The number of hydrogen-bond donors (Lipinski definition) is 0. The predicted octanol–water partition coefficient (Wildman–Crippen LogP) is 4.82. The van der Waals surface area contributed by atoms with Gasteiger partial charge in [0.2, 0.25) is 5.28 Å². The third-order valence-corrected chi connectivity index (χ3v) is 7.17. The Bertz CT molecular complexity index is 769. The molecule has 2 aromatic heterocycles. The summed E-state index contributed by atoms with van der Waals surface area (Å²) in [4.78, 5) is 20.7. The maximum atomic E-state index is 12.5. The van der Waals surface area contributed by atoms with Gasteiger partial charge in [0.25, 0.3) is 0 Å². The summed E-state index contributed by atoms with van der Waals surface area (Å²) in [6.45, 7) is 12.8. The average Bonchev–Trinajstić information content (AvgIpc) is 2.81. The number of rotatable bonds is 6. The highest BCUT2D eigenvalue weighted by Crippen LogP contribution is 2.29. The number of ether oxygens (including phenoxy) is 1. The van der Waals surface area contributed by atoms with Crippen LogP contribution in [-0.4, -0.2) is 34.1 Å². The van der Waals surface area contributed by atoms with Crippen LogP contribution in [0.2, 0.25) is 30.1 Å². The molecule has 0 aliphatic heterocycles. The second kappa shape index (κ2) is 7.12. The quantitative estimate of drug-likeness (QED) is 0.308. The number of carbonyl (C=O) groups excluding carboxylic acids is 1. The van der Waals surface area contributed by atoms with Crippen LogP contribution < -0.4 is 0 Å². The third-order valence-electron chi connectivity index (χ3n) is 4.12. The Morgan fingerprint density at radius 2 is 1.88 bits per heavy atom. The van der Waals surface area contributed by atoms with E-state index in [1.807, 2.05) is 13.8 Å². The maximum absolute atomic E-state index is 12.5. The van der Waals surface area contributed by atoms with Crippen LogP contribution in [0.25, 0.3) is 11.0 Å². The number of ketones is 1. The molecule has 132 valence electrons. The van der Waals surface area contributed by atoms with Crippen molar-refractivity contribution < 1.29 is 9.53 Å². The largest absolute Gasteiger partial charge is 0.361 e. The van der Waals surface area contributed by atoms with Crippen LogP contribution in [-0.2, 0) is 11.5 Å². The molecular weight excluding hydrogens is 365 g/mol. The van der Waals surface area contributed by atoms with Gasteiger partial charge in [-0.1, -0.05) is 45.1 Å². The van der Waals surface area contributed by atoms with E-state index in [-0.39, 0.29) is 34.6 Å². The maximum Gasteiger partial charge on any atom is 0.225 e. The Morgan fingerprint density at radius 3 is 2.42 bits per heavy atom. The molecule has 0 bridgehead atoms. The summed E-state index contributed by atoms with van der Waals surface area (Å²) in [6, 6.07) is 0. The van der Waals surface area contributed by atoms with Gasteiger partial charge in [0.05, 0.1) is 13.5 Å². The molecule has 8 heteroatoms. The van der Waals surface area contributed by atoms with Gasteiger partial charge < -0.3 is 9.30 Å². The molecule has 0 spiro atoms. The summed E-state index contributed by atoms with van der Waals surface area (Å²) in [7, 11) is -1.42. The van der Waals surface area contributed by atoms with Gasteiger partial charge in [0.15, 0.2) is 5.78 Å². The van der Waals surface area contributed by atoms with Crippen molar-refractivity contribution in [3.63, 3.8) is 0 Å². The second-order valence-corrected chi connectivity index (χ2v) is 13.6.